The Bertz CT molecular complexity index is 728. The van der Waals surface area contributed by atoms with Crippen molar-refractivity contribution in [1.82, 2.24) is 4.90 Å². The van der Waals surface area contributed by atoms with Gasteiger partial charge in [-0.3, -0.25) is 4.79 Å². The molecule has 2 aromatic rings. The van der Waals surface area contributed by atoms with E-state index in [-0.39, 0.29) is 11.9 Å². The third-order valence-corrected chi connectivity index (χ3v) is 4.91. The van der Waals surface area contributed by atoms with E-state index < -0.39 is 0 Å². The van der Waals surface area contributed by atoms with Crippen molar-refractivity contribution in [3.8, 4) is 11.5 Å². The van der Waals surface area contributed by atoms with Crippen LogP contribution >= 0.6 is 0 Å². The molecule has 1 N–H and O–H groups in total. The largest absolute Gasteiger partial charge is 0.497 e. The molecular weight excluding hydrogens is 340 g/mol. The number of rotatable bonds is 8. The van der Waals surface area contributed by atoms with Gasteiger partial charge in [0.1, 0.15) is 11.5 Å². The molecule has 1 unspecified atom stereocenters. The summed E-state index contributed by atoms with van der Waals surface area (Å²) in [5, 5.41) is 3.31. The third kappa shape index (κ3) is 4.94. The molecule has 0 radical (unpaired) electrons. The number of benzene rings is 2. The van der Waals surface area contributed by atoms with E-state index in [9.17, 15) is 4.79 Å². The van der Waals surface area contributed by atoms with Gasteiger partial charge in [0.25, 0.3) is 0 Å². The highest BCUT2D eigenvalue weighted by Crippen LogP contribution is 2.33. The molecule has 27 heavy (non-hydrogen) atoms. The zero-order valence-electron chi connectivity index (χ0n) is 16.1. The monoisotopic (exact) mass is 368 g/mol. The Balaban J connectivity index is 1.53. The second kappa shape index (κ2) is 9.31. The number of amides is 1. The first-order valence-corrected chi connectivity index (χ1v) is 9.61. The van der Waals surface area contributed by atoms with Gasteiger partial charge in [-0.2, -0.15) is 0 Å². The Labute approximate surface area is 161 Å². The lowest BCUT2D eigenvalue weighted by molar-refractivity contribution is -0.131. The van der Waals surface area contributed by atoms with Crippen molar-refractivity contribution >= 4 is 11.6 Å². The summed E-state index contributed by atoms with van der Waals surface area (Å²) in [6, 6.07) is 16.1. The van der Waals surface area contributed by atoms with Crippen LogP contribution in [-0.4, -0.2) is 37.6 Å². The van der Waals surface area contributed by atoms with E-state index in [2.05, 4.69) is 17.4 Å². The van der Waals surface area contributed by atoms with Crippen molar-refractivity contribution in [2.24, 2.45) is 0 Å². The van der Waals surface area contributed by atoms with E-state index in [1.165, 1.54) is 5.56 Å². The topological polar surface area (TPSA) is 50.8 Å². The standard InChI is InChI=1S/C22H28N2O3/c1-3-27-20-10-6-17(7-11-20)21-5-4-16-24(21)22(25)14-15-23-18-8-12-19(26-2)13-9-18/h6-13,21,23H,3-5,14-16H2,1-2H3. The van der Waals surface area contributed by atoms with E-state index in [1.807, 2.05) is 48.2 Å². The Hall–Kier alpha value is -2.69. The summed E-state index contributed by atoms with van der Waals surface area (Å²) in [5.74, 6) is 1.90. The molecule has 1 aliphatic heterocycles. The number of carbonyl (C=O) groups is 1. The van der Waals surface area contributed by atoms with E-state index in [4.69, 9.17) is 9.47 Å². The number of nitrogens with one attached hydrogen (secondary N) is 1. The zero-order valence-corrected chi connectivity index (χ0v) is 16.1. The summed E-state index contributed by atoms with van der Waals surface area (Å²) in [6.45, 7) is 4.09. The van der Waals surface area contributed by atoms with Crippen LogP contribution in [0.1, 0.15) is 37.8 Å². The molecule has 0 aromatic heterocycles. The molecule has 3 rings (SSSR count). The number of carbonyl (C=O) groups excluding carboxylic acids is 1. The van der Waals surface area contributed by atoms with Crippen molar-refractivity contribution in [2.45, 2.75) is 32.2 Å². The molecule has 1 heterocycles. The van der Waals surface area contributed by atoms with E-state index in [0.29, 0.717) is 19.6 Å². The molecule has 1 aliphatic rings. The van der Waals surface area contributed by atoms with Crippen LogP contribution in [0.25, 0.3) is 0 Å². The van der Waals surface area contributed by atoms with E-state index >= 15 is 0 Å². The minimum atomic E-state index is 0.175. The number of methoxy groups -OCH3 is 1. The molecule has 0 bridgehead atoms. The maximum absolute atomic E-state index is 12.7. The lowest BCUT2D eigenvalue weighted by Gasteiger charge is -2.25. The molecule has 1 fully saturated rings. The van der Waals surface area contributed by atoms with Gasteiger partial charge < -0.3 is 19.7 Å². The summed E-state index contributed by atoms with van der Waals surface area (Å²) in [4.78, 5) is 14.7. The SMILES string of the molecule is CCOc1ccc(C2CCCN2C(=O)CCNc2ccc(OC)cc2)cc1. The van der Waals surface area contributed by atoms with Crippen LogP contribution in [0.2, 0.25) is 0 Å². The van der Waals surface area contributed by atoms with Gasteiger partial charge >= 0.3 is 0 Å². The first kappa shape index (κ1) is 19.1. The summed E-state index contributed by atoms with van der Waals surface area (Å²) < 4.78 is 10.7. The molecule has 144 valence electrons. The second-order valence-electron chi connectivity index (χ2n) is 6.65. The van der Waals surface area contributed by atoms with Crippen molar-refractivity contribution in [2.75, 3.05) is 32.1 Å². The second-order valence-corrected chi connectivity index (χ2v) is 6.65. The highest BCUT2D eigenvalue weighted by atomic mass is 16.5. The fourth-order valence-corrected chi connectivity index (χ4v) is 3.53. The third-order valence-electron chi connectivity index (χ3n) is 4.91. The highest BCUT2D eigenvalue weighted by molar-refractivity contribution is 5.77. The number of nitrogens with zero attached hydrogens (tertiary/aromatic N) is 1. The molecule has 1 atom stereocenters. The molecule has 1 amide bonds. The molecule has 5 heteroatoms. The van der Waals surface area contributed by atoms with Crippen LogP contribution in [0.4, 0.5) is 5.69 Å². The minimum absolute atomic E-state index is 0.175. The summed E-state index contributed by atoms with van der Waals surface area (Å²) in [5.41, 5.74) is 2.18. The molecular formula is C22H28N2O3. The highest BCUT2D eigenvalue weighted by Gasteiger charge is 2.29. The number of likely N-dealkylation sites (tertiary alicyclic amines) is 1. The van der Waals surface area contributed by atoms with Gasteiger partial charge in [-0.05, 0) is 61.7 Å². The van der Waals surface area contributed by atoms with Gasteiger partial charge in [-0.25, -0.2) is 0 Å². The lowest BCUT2D eigenvalue weighted by atomic mass is 10.0. The summed E-state index contributed by atoms with van der Waals surface area (Å²) >= 11 is 0. The van der Waals surface area contributed by atoms with E-state index in [1.54, 1.807) is 7.11 Å². The van der Waals surface area contributed by atoms with E-state index in [0.717, 1.165) is 36.6 Å². The Morgan fingerprint density at radius 1 is 1.11 bits per heavy atom. The van der Waals surface area contributed by atoms with Crippen LogP contribution in [0.3, 0.4) is 0 Å². The predicted octanol–water partition coefficient (Wildman–Crippen LogP) is 4.26. The van der Waals surface area contributed by atoms with Gasteiger partial charge in [-0.1, -0.05) is 12.1 Å². The maximum Gasteiger partial charge on any atom is 0.224 e. The van der Waals surface area contributed by atoms with Gasteiger partial charge in [-0.15, -0.1) is 0 Å². The molecule has 0 saturated carbocycles. The first-order valence-electron chi connectivity index (χ1n) is 9.61. The number of anilines is 1. The van der Waals surface area contributed by atoms with Crippen LogP contribution in [0, 0.1) is 0 Å². The fraction of sp³-hybridized carbons (Fsp3) is 0.409. The molecule has 0 aliphatic carbocycles. The normalized spacial score (nSPS) is 16.2. The fourth-order valence-electron chi connectivity index (χ4n) is 3.53. The molecule has 0 spiro atoms. The zero-order chi connectivity index (χ0) is 19.1. The van der Waals surface area contributed by atoms with Crippen LogP contribution in [-0.2, 0) is 4.79 Å². The quantitative estimate of drug-likeness (QED) is 0.756. The molecule has 2 aromatic carbocycles. The van der Waals surface area contributed by atoms with Crippen LogP contribution in [0.15, 0.2) is 48.5 Å². The Morgan fingerprint density at radius 3 is 2.48 bits per heavy atom. The number of ether oxygens (including phenoxy) is 2. The average molecular weight is 368 g/mol. The summed E-state index contributed by atoms with van der Waals surface area (Å²) in [7, 11) is 1.65. The van der Waals surface area contributed by atoms with Crippen molar-refractivity contribution in [1.29, 1.82) is 0 Å². The Morgan fingerprint density at radius 2 is 1.81 bits per heavy atom. The summed E-state index contributed by atoms with van der Waals surface area (Å²) in [6.07, 6.45) is 2.56. The van der Waals surface area contributed by atoms with Crippen molar-refractivity contribution < 1.29 is 14.3 Å². The van der Waals surface area contributed by atoms with Gasteiger partial charge in [0.05, 0.1) is 19.8 Å². The average Bonchev–Trinajstić information content (AvgIpc) is 3.19. The molecule has 1 saturated heterocycles. The lowest BCUT2D eigenvalue weighted by Crippen LogP contribution is -2.31. The minimum Gasteiger partial charge on any atom is -0.497 e. The van der Waals surface area contributed by atoms with Crippen LogP contribution < -0.4 is 14.8 Å². The number of hydrogen-bond donors (Lipinski definition) is 1. The van der Waals surface area contributed by atoms with Gasteiger partial charge in [0.15, 0.2) is 0 Å². The number of hydrogen-bond acceptors (Lipinski definition) is 4. The first-order chi connectivity index (χ1) is 13.2. The van der Waals surface area contributed by atoms with Crippen LogP contribution in [0.5, 0.6) is 11.5 Å². The predicted molar refractivity (Wildman–Crippen MR) is 107 cm³/mol. The van der Waals surface area contributed by atoms with Crippen molar-refractivity contribution in [3.63, 3.8) is 0 Å². The van der Waals surface area contributed by atoms with Gasteiger partial charge in [0, 0.05) is 25.2 Å². The Kier molecular flexibility index (Phi) is 6.58. The molecule has 5 nitrogen and oxygen atoms in total. The van der Waals surface area contributed by atoms with Crippen molar-refractivity contribution in [3.05, 3.63) is 54.1 Å². The maximum atomic E-state index is 12.7. The van der Waals surface area contributed by atoms with Gasteiger partial charge in [0.2, 0.25) is 5.91 Å². The smallest absolute Gasteiger partial charge is 0.224 e.